The molecule has 0 rings (SSSR count). The maximum atomic E-state index is 9.60. The van der Waals surface area contributed by atoms with Crippen molar-refractivity contribution in [2.24, 2.45) is 0 Å². The first-order valence-corrected chi connectivity index (χ1v) is 3.79. The van der Waals surface area contributed by atoms with Crippen LogP contribution in [0, 0.1) is 0 Å². The van der Waals surface area contributed by atoms with Gasteiger partial charge in [-0.3, -0.25) is 4.79 Å². The van der Waals surface area contributed by atoms with Gasteiger partial charge in [0.15, 0.2) is 0 Å². The molecular formula is C4H11O5P. The summed E-state index contributed by atoms with van der Waals surface area (Å²) in [4.78, 5) is 31.3. The highest BCUT2D eigenvalue weighted by molar-refractivity contribution is 7.38. The average molecular weight is 170 g/mol. The van der Waals surface area contributed by atoms with E-state index in [-0.39, 0.29) is 0 Å². The van der Waals surface area contributed by atoms with Crippen molar-refractivity contribution < 1.29 is 24.6 Å². The molecule has 5 nitrogen and oxygen atoms in total. The van der Waals surface area contributed by atoms with E-state index in [1.54, 1.807) is 0 Å². The van der Waals surface area contributed by atoms with Crippen molar-refractivity contribution in [2.45, 2.75) is 19.8 Å². The van der Waals surface area contributed by atoms with Crippen LogP contribution in [0.5, 0.6) is 0 Å². The lowest BCUT2D eigenvalue weighted by Crippen LogP contribution is -1.90. The standard InChI is InChI=1S/C4H8O2.H3O3P/c1-2-3-4(5)6;1-4(2)3/h2-3H2,1H3,(H,5,6);1-3H. The Bertz CT molecular complexity index is 81.0. The third-order valence-corrected chi connectivity index (χ3v) is 0.464. The summed E-state index contributed by atoms with van der Waals surface area (Å²) in [6, 6.07) is 0. The van der Waals surface area contributed by atoms with E-state index in [4.69, 9.17) is 19.8 Å². The lowest BCUT2D eigenvalue weighted by Gasteiger charge is -1.79. The Labute approximate surface area is 59.9 Å². The summed E-state index contributed by atoms with van der Waals surface area (Å²) >= 11 is 0. The molecule has 0 aromatic rings. The lowest BCUT2D eigenvalue weighted by molar-refractivity contribution is -0.137. The van der Waals surface area contributed by atoms with Gasteiger partial charge in [-0.15, -0.1) is 0 Å². The zero-order valence-electron chi connectivity index (χ0n) is 5.56. The number of carboxylic acid groups (broad SMARTS) is 1. The highest BCUT2D eigenvalue weighted by Crippen LogP contribution is 2.11. The topological polar surface area (TPSA) is 98.0 Å². The van der Waals surface area contributed by atoms with Gasteiger partial charge >= 0.3 is 14.6 Å². The summed E-state index contributed by atoms with van der Waals surface area (Å²) in [5, 5.41) is 7.91. The van der Waals surface area contributed by atoms with Gasteiger partial charge in [-0.1, -0.05) is 6.92 Å². The van der Waals surface area contributed by atoms with Gasteiger partial charge in [-0.2, -0.15) is 0 Å². The largest absolute Gasteiger partial charge is 0.481 e. The molecule has 0 aromatic carbocycles. The van der Waals surface area contributed by atoms with E-state index >= 15 is 0 Å². The molecule has 0 saturated heterocycles. The number of rotatable bonds is 2. The second-order valence-corrected chi connectivity index (χ2v) is 1.95. The highest BCUT2D eigenvalue weighted by atomic mass is 31.2. The van der Waals surface area contributed by atoms with Crippen molar-refractivity contribution >= 4 is 14.6 Å². The SMILES string of the molecule is CCCC(=O)O.OP(O)O. The minimum Gasteiger partial charge on any atom is -0.481 e. The third kappa shape index (κ3) is 46.3. The molecule has 0 radical (unpaired) electrons. The Hall–Kier alpha value is -0.220. The highest BCUT2D eigenvalue weighted by Gasteiger charge is 1.87. The Morgan fingerprint density at radius 2 is 1.70 bits per heavy atom. The number of hydrogen-bond donors (Lipinski definition) is 4. The fraction of sp³-hybridized carbons (Fsp3) is 0.750. The van der Waals surface area contributed by atoms with Crippen LogP contribution in [0.1, 0.15) is 19.8 Å². The van der Waals surface area contributed by atoms with Crippen molar-refractivity contribution in [3.05, 3.63) is 0 Å². The van der Waals surface area contributed by atoms with Crippen LogP contribution in [0.15, 0.2) is 0 Å². The maximum absolute atomic E-state index is 9.60. The van der Waals surface area contributed by atoms with E-state index in [1.807, 2.05) is 6.92 Å². The fourth-order valence-corrected chi connectivity index (χ4v) is 0.214. The first-order chi connectivity index (χ1) is 4.50. The Balaban J connectivity index is 0. The van der Waals surface area contributed by atoms with Crippen LogP contribution in [-0.2, 0) is 4.79 Å². The van der Waals surface area contributed by atoms with Gasteiger partial charge in [0.05, 0.1) is 0 Å². The maximum Gasteiger partial charge on any atom is 0.324 e. The summed E-state index contributed by atoms with van der Waals surface area (Å²) < 4.78 is 0. The van der Waals surface area contributed by atoms with Crippen molar-refractivity contribution in [3.8, 4) is 0 Å². The molecule has 0 aliphatic heterocycles. The number of carboxylic acids is 1. The number of aliphatic carboxylic acids is 1. The zero-order valence-corrected chi connectivity index (χ0v) is 6.45. The van der Waals surface area contributed by atoms with Gasteiger partial charge in [0, 0.05) is 6.42 Å². The van der Waals surface area contributed by atoms with E-state index in [1.165, 1.54) is 0 Å². The molecule has 0 fully saturated rings. The van der Waals surface area contributed by atoms with E-state index < -0.39 is 14.6 Å². The minimum absolute atomic E-state index is 0.292. The molecule has 6 heteroatoms. The molecule has 10 heavy (non-hydrogen) atoms. The van der Waals surface area contributed by atoms with E-state index in [0.717, 1.165) is 6.42 Å². The number of carbonyl (C=O) groups is 1. The normalized spacial score (nSPS) is 8.50. The first kappa shape index (κ1) is 12.5. The summed E-state index contributed by atoms with van der Waals surface area (Å²) in [6.45, 7) is 1.84. The van der Waals surface area contributed by atoms with Crippen LogP contribution in [-0.4, -0.2) is 25.8 Å². The van der Waals surface area contributed by atoms with Gasteiger partial charge < -0.3 is 19.8 Å². The molecule has 0 heterocycles. The Morgan fingerprint density at radius 1 is 1.40 bits per heavy atom. The third-order valence-electron chi connectivity index (χ3n) is 0.464. The van der Waals surface area contributed by atoms with Crippen molar-refractivity contribution in [1.82, 2.24) is 0 Å². The molecule has 4 N–H and O–H groups in total. The predicted molar refractivity (Wildman–Crippen MR) is 36.1 cm³/mol. The molecule has 62 valence electrons. The monoisotopic (exact) mass is 170 g/mol. The molecule has 0 aliphatic rings. The molecule has 0 aromatic heterocycles. The van der Waals surface area contributed by atoms with Crippen LogP contribution >= 0.6 is 8.60 Å². The molecule has 0 spiro atoms. The summed E-state index contributed by atoms with van der Waals surface area (Å²) in [5.74, 6) is -0.711. The van der Waals surface area contributed by atoms with Gasteiger partial charge in [-0.05, 0) is 6.42 Å². The van der Waals surface area contributed by atoms with E-state index in [9.17, 15) is 4.79 Å². The summed E-state index contributed by atoms with van der Waals surface area (Å²) in [7, 11) is -2.62. The fourth-order valence-electron chi connectivity index (χ4n) is 0.214. The molecule has 0 atom stereocenters. The second kappa shape index (κ2) is 8.78. The van der Waals surface area contributed by atoms with E-state index in [0.29, 0.717) is 6.42 Å². The van der Waals surface area contributed by atoms with Crippen molar-refractivity contribution in [2.75, 3.05) is 0 Å². The van der Waals surface area contributed by atoms with Crippen LogP contribution in [0.3, 0.4) is 0 Å². The van der Waals surface area contributed by atoms with Gasteiger partial charge in [0.25, 0.3) is 0 Å². The molecule has 0 aliphatic carbocycles. The molecular weight excluding hydrogens is 159 g/mol. The predicted octanol–water partition coefficient (Wildman–Crippen LogP) is 0.0613. The van der Waals surface area contributed by atoms with Gasteiger partial charge in [0.1, 0.15) is 0 Å². The smallest absolute Gasteiger partial charge is 0.324 e. The van der Waals surface area contributed by atoms with Crippen molar-refractivity contribution in [3.63, 3.8) is 0 Å². The van der Waals surface area contributed by atoms with Crippen molar-refractivity contribution in [1.29, 1.82) is 0 Å². The lowest BCUT2D eigenvalue weighted by atomic mass is 10.4. The van der Waals surface area contributed by atoms with Gasteiger partial charge in [0.2, 0.25) is 0 Å². The minimum atomic E-state index is -2.62. The summed E-state index contributed by atoms with van der Waals surface area (Å²) in [5.41, 5.74) is 0. The Morgan fingerprint density at radius 3 is 1.70 bits per heavy atom. The average Bonchev–Trinajstić information content (AvgIpc) is 1.62. The van der Waals surface area contributed by atoms with E-state index in [2.05, 4.69) is 0 Å². The Kier molecular flexibility index (Phi) is 10.9. The van der Waals surface area contributed by atoms with Crippen LogP contribution in [0.4, 0.5) is 0 Å². The zero-order chi connectivity index (χ0) is 8.57. The first-order valence-electron chi connectivity index (χ1n) is 2.59. The van der Waals surface area contributed by atoms with Crippen LogP contribution in [0.25, 0.3) is 0 Å². The second-order valence-electron chi connectivity index (χ2n) is 1.41. The quantitative estimate of drug-likeness (QED) is 0.439. The summed E-state index contributed by atoms with van der Waals surface area (Å²) in [6.07, 6.45) is 1.02. The van der Waals surface area contributed by atoms with Gasteiger partial charge in [-0.25, -0.2) is 0 Å². The van der Waals surface area contributed by atoms with Crippen LogP contribution < -0.4 is 0 Å². The molecule has 0 saturated carbocycles. The van der Waals surface area contributed by atoms with Crippen LogP contribution in [0.2, 0.25) is 0 Å². The molecule has 0 unspecified atom stereocenters. The number of hydrogen-bond acceptors (Lipinski definition) is 4. The molecule has 0 amide bonds. The molecule has 0 bridgehead atoms.